The molecule has 0 saturated heterocycles. The number of nitrogens with one attached hydrogen (secondary N) is 1. The van der Waals surface area contributed by atoms with Crippen LogP contribution in [0.1, 0.15) is 48.4 Å². The molecule has 7 nitrogen and oxygen atoms in total. The Kier molecular flexibility index (Phi) is 5.96. The molecule has 3 rings (SSSR count). The molecule has 156 valence electrons. The number of benzene rings is 2. The Bertz CT molecular complexity index is 1200. The molecular formula is C22H23FN4O3. The molecule has 1 atom stereocenters. The molecule has 0 aliphatic rings. The maximum Gasteiger partial charge on any atom is 0.352 e. The summed E-state index contributed by atoms with van der Waals surface area (Å²) < 4.78 is 16.0. The Balaban J connectivity index is 2.30. The predicted octanol–water partition coefficient (Wildman–Crippen LogP) is 2.59. The maximum absolute atomic E-state index is 14.1. The molecule has 1 amide bonds. The summed E-state index contributed by atoms with van der Waals surface area (Å²) in [7, 11) is 0. The second-order valence-corrected chi connectivity index (χ2v) is 7.37. The van der Waals surface area contributed by atoms with Crippen molar-refractivity contribution >= 4 is 5.91 Å². The minimum atomic E-state index is -0.807. The number of hydrogen-bond donors (Lipinski definition) is 1. The number of rotatable bonds is 5. The summed E-state index contributed by atoms with van der Waals surface area (Å²) in [6.45, 7) is 6.76. The first-order valence-corrected chi connectivity index (χ1v) is 9.59. The molecule has 0 aliphatic carbocycles. The van der Waals surface area contributed by atoms with Gasteiger partial charge >= 0.3 is 5.69 Å². The minimum absolute atomic E-state index is 0.121. The summed E-state index contributed by atoms with van der Waals surface area (Å²) in [4.78, 5) is 38.9. The molecule has 0 spiro atoms. The molecule has 0 unspecified atom stereocenters. The highest BCUT2D eigenvalue weighted by atomic mass is 19.1. The van der Waals surface area contributed by atoms with E-state index >= 15 is 0 Å². The Morgan fingerprint density at radius 1 is 1.07 bits per heavy atom. The van der Waals surface area contributed by atoms with Gasteiger partial charge in [-0.3, -0.25) is 9.59 Å². The number of carbonyl (C=O) groups excluding carboxylic acids is 1. The van der Waals surface area contributed by atoms with Crippen LogP contribution >= 0.6 is 0 Å². The summed E-state index contributed by atoms with van der Waals surface area (Å²) in [5.74, 6) is -1.23. The second kappa shape index (κ2) is 8.44. The van der Waals surface area contributed by atoms with E-state index in [1.165, 1.54) is 12.1 Å². The van der Waals surface area contributed by atoms with Crippen LogP contribution < -0.4 is 16.6 Å². The van der Waals surface area contributed by atoms with E-state index in [1.807, 2.05) is 6.07 Å². The van der Waals surface area contributed by atoms with Crippen LogP contribution in [-0.4, -0.2) is 26.3 Å². The van der Waals surface area contributed by atoms with E-state index in [9.17, 15) is 18.8 Å². The normalized spacial score (nSPS) is 12.1. The van der Waals surface area contributed by atoms with Gasteiger partial charge in [-0.1, -0.05) is 36.4 Å². The summed E-state index contributed by atoms with van der Waals surface area (Å²) in [5, 5.41) is 6.61. The van der Waals surface area contributed by atoms with Crippen molar-refractivity contribution in [3.05, 3.63) is 92.0 Å². The fraction of sp³-hybridized carbons (Fsp3) is 0.273. The van der Waals surface area contributed by atoms with Crippen molar-refractivity contribution in [2.75, 3.05) is 0 Å². The molecule has 1 aromatic heterocycles. The zero-order valence-corrected chi connectivity index (χ0v) is 17.2. The Morgan fingerprint density at radius 3 is 2.33 bits per heavy atom. The van der Waals surface area contributed by atoms with Crippen molar-refractivity contribution in [3.8, 4) is 5.69 Å². The third-order valence-corrected chi connectivity index (χ3v) is 4.71. The Morgan fingerprint density at radius 2 is 1.73 bits per heavy atom. The van der Waals surface area contributed by atoms with Gasteiger partial charge < -0.3 is 5.32 Å². The van der Waals surface area contributed by atoms with Gasteiger partial charge in [-0.15, -0.1) is 0 Å². The SMILES string of the molecule is Cc1ccc(-n2nc(C(=O)NC(C)C)c(=O)n([C@@H](C)c3ccccc3)c2=O)cc1F. The molecule has 0 aliphatic heterocycles. The van der Waals surface area contributed by atoms with Crippen LogP contribution in [-0.2, 0) is 0 Å². The van der Waals surface area contributed by atoms with Gasteiger partial charge in [0.25, 0.3) is 11.5 Å². The van der Waals surface area contributed by atoms with Gasteiger partial charge in [0.2, 0.25) is 5.69 Å². The zero-order chi connectivity index (χ0) is 22.0. The maximum atomic E-state index is 14.1. The van der Waals surface area contributed by atoms with Crippen LogP contribution in [0.5, 0.6) is 0 Å². The average Bonchev–Trinajstić information content (AvgIpc) is 2.70. The number of carbonyl (C=O) groups is 1. The lowest BCUT2D eigenvalue weighted by molar-refractivity contribution is 0.0933. The molecule has 1 N–H and O–H groups in total. The molecular weight excluding hydrogens is 387 g/mol. The molecule has 8 heteroatoms. The summed E-state index contributed by atoms with van der Waals surface area (Å²) >= 11 is 0. The van der Waals surface area contributed by atoms with E-state index in [0.717, 1.165) is 15.3 Å². The molecule has 0 fully saturated rings. The van der Waals surface area contributed by atoms with Gasteiger partial charge in [0.05, 0.1) is 11.7 Å². The van der Waals surface area contributed by atoms with E-state index in [0.29, 0.717) is 11.1 Å². The Hall–Kier alpha value is -3.55. The number of amides is 1. The van der Waals surface area contributed by atoms with E-state index in [1.54, 1.807) is 52.0 Å². The van der Waals surface area contributed by atoms with Crippen LogP contribution in [0.15, 0.2) is 58.1 Å². The smallest absolute Gasteiger partial charge is 0.348 e. The average molecular weight is 410 g/mol. The lowest BCUT2D eigenvalue weighted by atomic mass is 10.1. The van der Waals surface area contributed by atoms with Crippen molar-refractivity contribution in [2.45, 2.75) is 39.8 Å². The first-order chi connectivity index (χ1) is 14.2. The van der Waals surface area contributed by atoms with Gasteiger partial charge in [0.1, 0.15) is 5.82 Å². The van der Waals surface area contributed by atoms with E-state index < -0.39 is 34.7 Å². The third kappa shape index (κ3) is 4.07. The molecule has 3 aromatic rings. The van der Waals surface area contributed by atoms with Crippen molar-refractivity contribution in [1.82, 2.24) is 19.7 Å². The molecule has 30 heavy (non-hydrogen) atoms. The topological polar surface area (TPSA) is 86.0 Å². The fourth-order valence-corrected chi connectivity index (χ4v) is 3.07. The highest BCUT2D eigenvalue weighted by Crippen LogP contribution is 2.15. The Labute approximate surface area is 172 Å². The monoisotopic (exact) mass is 410 g/mol. The van der Waals surface area contributed by atoms with Crippen molar-refractivity contribution in [1.29, 1.82) is 0 Å². The first-order valence-electron chi connectivity index (χ1n) is 9.59. The van der Waals surface area contributed by atoms with Gasteiger partial charge in [-0.2, -0.15) is 9.78 Å². The van der Waals surface area contributed by atoms with Gasteiger partial charge in [0.15, 0.2) is 0 Å². The molecule has 2 aromatic carbocycles. The van der Waals surface area contributed by atoms with Crippen LogP contribution in [0.4, 0.5) is 4.39 Å². The minimum Gasteiger partial charge on any atom is -0.348 e. The number of aryl methyl sites for hydroxylation is 1. The standard InChI is InChI=1S/C22H23FN4O3/c1-13(2)24-20(28)19-21(29)26(15(4)16-8-6-5-7-9-16)22(30)27(25-19)17-11-10-14(3)18(23)12-17/h5-13,15H,1-4H3,(H,24,28)/t15-/m0/s1. The second-order valence-electron chi connectivity index (χ2n) is 7.37. The van der Waals surface area contributed by atoms with Crippen LogP contribution in [0.2, 0.25) is 0 Å². The summed E-state index contributed by atoms with van der Waals surface area (Å²) in [6.07, 6.45) is 0. The van der Waals surface area contributed by atoms with Crippen molar-refractivity contribution < 1.29 is 9.18 Å². The van der Waals surface area contributed by atoms with E-state index in [2.05, 4.69) is 10.4 Å². The predicted molar refractivity (Wildman–Crippen MR) is 112 cm³/mol. The van der Waals surface area contributed by atoms with Crippen molar-refractivity contribution in [3.63, 3.8) is 0 Å². The molecule has 0 radical (unpaired) electrons. The first kappa shape index (κ1) is 21.2. The molecule has 1 heterocycles. The van der Waals surface area contributed by atoms with Gasteiger partial charge in [-0.25, -0.2) is 13.8 Å². The van der Waals surface area contributed by atoms with E-state index in [-0.39, 0.29) is 11.7 Å². The number of halogens is 1. The summed E-state index contributed by atoms with van der Waals surface area (Å²) in [5.41, 5.74) is -0.780. The van der Waals surface area contributed by atoms with Crippen LogP contribution in [0.25, 0.3) is 5.69 Å². The zero-order valence-electron chi connectivity index (χ0n) is 17.2. The third-order valence-electron chi connectivity index (χ3n) is 4.71. The van der Waals surface area contributed by atoms with Crippen LogP contribution in [0.3, 0.4) is 0 Å². The largest absolute Gasteiger partial charge is 0.352 e. The van der Waals surface area contributed by atoms with Gasteiger partial charge in [-0.05, 0) is 44.9 Å². The van der Waals surface area contributed by atoms with Crippen LogP contribution in [0, 0.1) is 12.7 Å². The van der Waals surface area contributed by atoms with Gasteiger partial charge in [0, 0.05) is 12.1 Å². The quantitative estimate of drug-likeness (QED) is 0.701. The van der Waals surface area contributed by atoms with Crippen molar-refractivity contribution in [2.24, 2.45) is 0 Å². The number of hydrogen-bond acceptors (Lipinski definition) is 4. The molecule has 0 bridgehead atoms. The highest BCUT2D eigenvalue weighted by molar-refractivity contribution is 5.91. The summed E-state index contributed by atoms with van der Waals surface area (Å²) in [6, 6.07) is 12.2. The number of aromatic nitrogens is 3. The number of nitrogens with zero attached hydrogens (tertiary/aromatic N) is 3. The van der Waals surface area contributed by atoms with E-state index in [4.69, 9.17) is 0 Å². The highest BCUT2D eigenvalue weighted by Gasteiger charge is 2.24. The fourth-order valence-electron chi connectivity index (χ4n) is 3.07. The lowest BCUT2D eigenvalue weighted by Crippen LogP contribution is -2.47. The molecule has 0 saturated carbocycles. The lowest BCUT2D eigenvalue weighted by Gasteiger charge is -2.18.